The Morgan fingerprint density at radius 3 is 2.58 bits per heavy atom. The lowest BCUT2D eigenvalue weighted by atomic mass is 9.96. The minimum atomic E-state index is 0.227. The molecule has 1 atom stereocenters. The third-order valence-electron chi connectivity index (χ3n) is 3.19. The van der Waals surface area contributed by atoms with E-state index in [-0.39, 0.29) is 6.04 Å². The van der Waals surface area contributed by atoms with Crippen LogP contribution in [-0.4, -0.2) is 11.5 Å². The molecule has 2 nitrogen and oxygen atoms in total. The van der Waals surface area contributed by atoms with Gasteiger partial charge in [-0.15, -0.1) is 0 Å². The van der Waals surface area contributed by atoms with Crippen LogP contribution < -0.4 is 5.32 Å². The van der Waals surface area contributed by atoms with Crippen molar-refractivity contribution in [3.05, 3.63) is 63.0 Å². The maximum Gasteiger partial charge on any atom is 0.0594 e. The maximum atomic E-state index is 4.28. The monoisotopic (exact) mass is 366 g/mol. The predicted molar refractivity (Wildman–Crippen MR) is 88.3 cm³/mol. The number of aromatic nitrogens is 1. The van der Waals surface area contributed by atoms with Crippen LogP contribution in [0.1, 0.15) is 36.1 Å². The molecule has 0 spiro atoms. The molecule has 1 N–H and O–H groups in total. The van der Waals surface area contributed by atoms with Crippen LogP contribution in [0.5, 0.6) is 0 Å². The van der Waals surface area contributed by atoms with Crippen molar-refractivity contribution >= 4 is 22.6 Å². The van der Waals surface area contributed by atoms with Crippen molar-refractivity contribution in [2.45, 2.75) is 26.3 Å². The quantitative estimate of drug-likeness (QED) is 0.807. The standard InChI is InChI=1S/C16H19IN2/c1-3-9-19-16(13-4-6-14(17)7-5-13)15-11-18-10-8-12(15)2/h4-8,10-11,16,19H,3,9H2,1-2H3. The smallest absolute Gasteiger partial charge is 0.0594 e. The molecule has 1 heterocycles. The van der Waals surface area contributed by atoms with E-state index in [1.54, 1.807) is 0 Å². The van der Waals surface area contributed by atoms with Crippen LogP contribution in [0.3, 0.4) is 0 Å². The molecular weight excluding hydrogens is 347 g/mol. The lowest BCUT2D eigenvalue weighted by Crippen LogP contribution is -2.24. The summed E-state index contributed by atoms with van der Waals surface area (Å²) in [6, 6.07) is 11.0. The molecule has 100 valence electrons. The highest BCUT2D eigenvalue weighted by Gasteiger charge is 2.15. The summed E-state index contributed by atoms with van der Waals surface area (Å²) in [6.07, 6.45) is 4.95. The fraction of sp³-hybridized carbons (Fsp3) is 0.312. The number of benzene rings is 1. The van der Waals surface area contributed by atoms with Crippen molar-refractivity contribution in [1.82, 2.24) is 10.3 Å². The normalized spacial score (nSPS) is 12.4. The number of pyridine rings is 1. The van der Waals surface area contributed by atoms with Crippen LogP contribution in [0.15, 0.2) is 42.7 Å². The fourth-order valence-corrected chi connectivity index (χ4v) is 2.49. The number of nitrogens with one attached hydrogen (secondary N) is 1. The Hall–Kier alpha value is -0.940. The van der Waals surface area contributed by atoms with Gasteiger partial charge in [-0.1, -0.05) is 19.1 Å². The van der Waals surface area contributed by atoms with Gasteiger partial charge in [-0.05, 0) is 77.4 Å². The predicted octanol–water partition coefficient (Wildman–Crippen LogP) is 4.08. The molecule has 0 aliphatic carbocycles. The number of aryl methyl sites for hydroxylation is 1. The van der Waals surface area contributed by atoms with Crippen molar-refractivity contribution in [1.29, 1.82) is 0 Å². The largest absolute Gasteiger partial charge is 0.306 e. The summed E-state index contributed by atoms with van der Waals surface area (Å²) in [7, 11) is 0. The van der Waals surface area contributed by atoms with Crippen LogP contribution in [0.25, 0.3) is 0 Å². The molecule has 0 saturated carbocycles. The zero-order chi connectivity index (χ0) is 13.7. The van der Waals surface area contributed by atoms with Crippen molar-refractivity contribution in [3.8, 4) is 0 Å². The molecule has 2 rings (SSSR count). The second-order valence-electron chi connectivity index (χ2n) is 4.67. The molecule has 0 aliphatic heterocycles. The topological polar surface area (TPSA) is 24.9 Å². The molecule has 0 aliphatic rings. The number of nitrogens with zero attached hydrogens (tertiary/aromatic N) is 1. The number of rotatable bonds is 5. The van der Waals surface area contributed by atoms with Gasteiger partial charge < -0.3 is 5.32 Å². The van der Waals surface area contributed by atoms with Crippen LogP contribution in [0.4, 0.5) is 0 Å². The van der Waals surface area contributed by atoms with Gasteiger partial charge in [0.1, 0.15) is 0 Å². The molecule has 19 heavy (non-hydrogen) atoms. The summed E-state index contributed by atoms with van der Waals surface area (Å²) in [4.78, 5) is 4.28. The summed E-state index contributed by atoms with van der Waals surface area (Å²) < 4.78 is 1.26. The van der Waals surface area contributed by atoms with E-state index in [1.165, 1.54) is 20.3 Å². The lowest BCUT2D eigenvalue weighted by Gasteiger charge is -2.21. The average molecular weight is 366 g/mol. The van der Waals surface area contributed by atoms with Crippen LogP contribution >= 0.6 is 22.6 Å². The van der Waals surface area contributed by atoms with Crippen molar-refractivity contribution in [2.75, 3.05) is 6.54 Å². The zero-order valence-electron chi connectivity index (χ0n) is 11.4. The molecule has 0 fully saturated rings. The summed E-state index contributed by atoms with van der Waals surface area (Å²) in [5.41, 5.74) is 3.84. The summed E-state index contributed by atoms with van der Waals surface area (Å²) in [6.45, 7) is 5.34. The molecule has 1 aromatic carbocycles. The van der Waals surface area contributed by atoms with E-state index < -0.39 is 0 Å². The Morgan fingerprint density at radius 1 is 1.21 bits per heavy atom. The highest BCUT2D eigenvalue weighted by atomic mass is 127. The second kappa shape index (κ2) is 7.01. The van der Waals surface area contributed by atoms with E-state index in [4.69, 9.17) is 0 Å². The van der Waals surface area contributed by atoms with E-state index >= 15 is 0 Å². The van der Waals surface area contributed by atoms with Gasteiger partial charge in [0, 0.05) is 16.0 Å². The van der Waals surface area contributed by atoms with Crippen molar-refractivity contribution < 1.29 is 0 Å². The van der Waals surface area contributed by atoms with E-state index in [2.05, 4.69) is 77.1 Å². The van der Waals surface area contributed by atoms with E-state index in [0.717, 1.165) is 13.0 Å². The van der Waals surface area contributed by atoms with E-state index in [0.29, 0.717) is 0 Å². The Balaban J connectivity index is 2.35. The van der Waals surface area contributed by atoms with Gasteiger partial charge in [-0.2, -0.15) is 0 Å². The molecule has 1 unspecified atom stereocenters. The minimum absolute atomic E-state index is 0.227. The number of halogens is 1. The maximum absolute atomic E-state index is 4.28. The van der Waals surface area contributed by atoms with Crippen molar-refractivity contribution in [2.24, 2.45) is 0 Å². The first-order chi connectivity index (χ1) is 9.22. The molecule has 3 heteroatoms. The first-order valence-electron chi connectivity index (χ1n) is 6.61. The van der Waals surface area contributed by atoms with Crippen LogP contribution in [0.2, 0.25) is 0 Å². The average Bonchev–Trinajstić information content (AvgIpc) is 2.43. The van der Waals surface area contributed by atoms with Gasteiger partial charge in [0.25, 0.3) is 0 Å². The van der Waals surface area contributed by atoms with Crippen molar-refractivity contribution in [3.63, 3.8) is 0 Å². The Labute approximate surface area is 128 Å². The molecule has 0 bridgehead atoms. The van der Waals surface area contributed by atoms with Gasteiger partial charge in [0.05, 0.1) is 6.04 Å². The summed E-state index contributed by atoms with van der Waals surface area (Å²) in [5, 5.41) is 3.62. The molecular formula is C16H19IN2. The molecule has 2 aromatic rings. The number of hydrogen-bond donors (Lipinski definition) is 1. The molecule has 0 amide bonds. The minimum Gasteiger partial charge on any atom is -0.306 e. The molecule has 0 radical (unpaired) electrons. The van der Waals surface area contributed by atoms with E-state index in [1.807, 2.05) is 12.4 Å². The summed E-state index contributed by atoms with van der Waals surface area (Å²) in [5.74, 6) is 0. The van der Waals surface area contributed by atoms with E-state index in [9.17, 15) is 0 Å². The molecule has 0 saturated heterocycles. The third kappa shape index (κ3) is 3.76. The first-order valence-corrected chi connectivity index (χ1v) is 7.69. The number of hydrogen-bond acceptors (Lipinski definition) is 2. The van der Waals surface area contributed by atoms with Crippen LogP contribution in [0, 0.1) is 10.5 Å². The van der Waals surface area contributed by atoms with Gasteiger partial charge in [0.2, 0.25) is 0 Å². The second-order valence-corrected chi connectivity index (χ2v) is 5.92. The SMILES string of the molecule is CCCNC(c1ccc(I)cc1)c1cnccc1C. The summed E-state index contributed by atoms with van der Waals surface area (Å²) >= 11 is 2.34. The Bertz CT molecular complexity index is 523. The highest BCUT2D eigenvalue weighted by Crippen LogP contribution is 2.24. The Kier molecular flexibility index (Phi) is 5.34. The molecule has 1 aromatic heterocycles. The zero-order valence-corrected chi connectivity index (χ0v) is 13.5. The third-order valence-corrected chi connectivity index (χ3v) is 3.91. The highest BCUT2D eigenvalue weighted by molar-refractivity contribution is 14.1. The fourth-order valence-electron chi connectivity index (χ4n) is 2.13. The first kappa shape index (κ1) is 14.5. The van der Waals surface area contributed by atoms with Gasteiger partial charge >= 0.3 is 0 Å². The van der Waals surface area contributed by atoms with Crippen LogP contribution in [-0.2, 0) is 0 Å². The van der Waals surface area contributed by atoms with Gasteiger partial charge in [0.15, 0.2) is 0 Å². The lowest BCUT2D eigenvalue weighted by molar-refractivity contribution is 0.594. The Morgan fingerprint density at radius 2 is 1.95 bits per heavy atom. The van der Waals surface area contributed by atoms with Gasteiger partial charge in [-0.25, -0.2) is 0 Å². The van der Waals surface area contributed by atoms with Gasteiger partial charge in [-0.3, -0.25) is 4.98 Å².